The molecule has 0 unspecified atom stereocenters. The lowest BCUT2D eigenvalue weighted by atomic mass is 9.85. The van der Waals surface area contributed by atoms with Gasteiger partial charge >= 0.3 is 0 Å². The summed E-state index contributed by atoms with van der Waals surface area (Å²) in [5, 5.41) is 15.4. The number of methoxy groups -OCH3 is 1. The largest absolute Gasteiger partial charge is 0.480 e. The van der Waals surface area contributed by atoms with Crippen LogP contribution in [0.3, 0.4) is 0 Å². The van der Waals surface area contributed by atoms with Crippen molar-refractivity contribution in [1.82, 2.24) is 20.0 Å². The first kappa shape index (κ1) is 17.6. The van der Waals surface area contributed by atoms with E-state index in [0.717, 1.165) is 10.0 Å². The number of hydrogen-bond donors (Lipinski definition) is 1. The Kier molecular flexibility index (Phi) is 4.39. The van der Waals surface area contributed by atoms with Gasteiger partial charge in [-0.2, -0.15) is 9.78 Å². The van der Waals surface area contributed by atoms with Crippen molar-refractivity contribution in [1.29, 1.82) is 0 Å². The number of carbonyl (C=O) groups is 1. The van der Waals surface area contributed by atoms with E-state index in [4.69, 9.17) is 4.74 Å². The molecule has 1 amide bonds. The highest BCUT2D eigenvalue weighted by atomic mass is 79.9. The average Bonchev–Trinajstić information content (AvgIpc) is 2.99. The Bertz CT molecular complexity index is 1030. The quantitative estimate of drug-likeness (QED) is 0.687. The van der Waals surface area contributed by atoms with Gasteiger partial charge in [0, 0.05) is 28.4 Å². The van der Waals surface area contributed by atoms with E-state index in [9.17, 15) is 9.18 Å². The molecule has 0 saturated heterocycles. The minimum atomic E-state index is -0.439. The van der Waals surface area contributed by atoms with Gasteiger partial charge in [0.05, 0.1) is 12.8 Å². The third-order valence-corrected chi connectivity index (χ3v) is 4.98. The minimum Gasteiger partial charge on any atom is -0.480 e. The Morgan fingerprint density at radius 3 is 2.81 bits per heavy atom. The third kappa shape index (κ3) is 3.08. The van der Waals surface area contributed by atoms with Gasteiger partial charge < -0.3 is 10.1 Å². The van der Waals surface area contributed by atoms with Gasteiger partial charge in [-0.25, -0.2) is 4.39 Å². The van der Waals surface area contributed by atoms with Gasteiger partial charge in [0.2, 0.25) is 11.8 Å². The summed E-state index contributed by atoms with van der Waals surface area (Å²) >= 11 is 3.37. The highest BCUT2D eigenvalue weighted by molar-refractivity contribution is 9.10. The fourth-order valence-electron chi connectivity index (χ4n) is 3.30. The molecule has 7 nitrogen and oxygen atoms in total. The highest BCUT2D eigenvalue weighted by Crippen LogP contribution is 2.41. The fourth-order valence-corrected chi connectivity index (χ4v) is 3.67. The van der Waals surface area contributed by atoms with Gasteiger partial charge in [0.15, 0.2) is 5.82 Å². The van der Waals surface area contributed by atoms with E-state index >= 15 is 0 Å². The van der Waals surface area contributed by atoms with Crippen molar-refractivity contribution in [3.63, 3.8) is 0 Å². The molecular formula is C18H15BrFN5O2. The smallest absolute Gasteiger partial charge is 0.233 e. The number of carbonyl (C=O) groups excluding carboxylic acids is 1. The Labute approximate surface area is 162 Å². The van der Waals surface area contributed by atoms with Crippen molar-refractivity contribution in [2.75, 3.05) is 12.4 Å². The molecule has 9 heteroatoms. The maximum absolute atomic E-state index is 14.5. The van der Waals surface area contributed by atoms with Gasteiger partial charge in [-0.1, -0.05) is 15.9 Å². The van der Waals surface area contributed by atoms with Crippen LogP contribution in [0, 0.1) is 12.7 Å². The van der Waals surface area contributed by atoms with Crippen molar-refractivity contribution in [2.45, 2.75) is 19.3 Å². The molecule has 0 spiro atoms. The predicted octanol–water partition coefficient (Wildman–Crippen LogP) is 3.36. The molecular weight excluding hydrogens is 417 g/mol. The van der Waals surface area contributed by atoms with Crippen molar-refractivity contribution in [3.05, 3.63) is 57.4 Å². The maximum atomic E-state index is 14.5. The monoisotopic (exact) mass is 431 g/mol. The van der Waals surface area contributed by atoms with Crippen LogP contribution in [0.5, 0.6) is 5.88 Å². The number of halogens is 2. The number of aryl methyl sites for hydroxylation is 1. The van der Waals surface area contributed by atoms with Gasteiger partial charge in [0.1, 0.15) is 11.6 Å². The van der Waals surface area contributed by atoms with Crippen LogP contribution in [0.25, 0.3) is 5.82 Å². The number of nitrogens with one attached hydrogen (secondary N) is 1. The molecule has 1 atom stereocenters. The van der Waals surface area contributed by atoms with Crippen LogP contribution in [-0.2, 0) is 4.79 Å². The van der Waals surface area contributed by atoms with Crippen molar-refractivity contribution >= 4 is 27.7 Å². The number of hydrogen-bond acceptors (Lipinski definition) is 5. The second kappa shape index (κ2) is 6.73. The Morgan fingerprint density at radius 2 is 2.11 bits per heavy atom. The van der Waals surface area contributed by atoms with Gasteiger partial charge in [-0.05, 0) is 36.8 Å². The summed E-state index contributed by atoms with van der Waals surface area (Å²) in [5.74, 6) is 0.263. The van der Waals surface area contributed by atoms with E-state index in [1.165, 1.54) is 17.9 Å². The first-order valence-electron chi connectivity index (χ1n) is 8.20. The van der Waals surface area contributed by atoms with Crippen LogP contribution in [0.1, 0.15) is 29.2 Å². The molecule has 27 heavy (non-hydrogen) atoms. The van der Waals surface area contributed by atoms with E-state index in [2.05, 4.69) is 36.5 Å². The SMILES string of the molecule is COc1ccc(-n2nc(C)c3c2NC(=O)C[C@@H]3c2cc(Br)ccc2F)nn1. The molecule has 2 aromatic heterocycles. The van der Waals surface area contributed by atoms with E-state index in [1.807, 2.05) is 6.92 Å². The van der Waals surface area contributed by atoms with Crippen LogP contribution >= 0.6 is 15.9 Å². The normalized spacial score (nSPS) is 16.0. The molecule has 0 fully saturated rings. The third-order valence-electron chi connectivity index (χ3n) is 4.49. The summed E-state index contributed by atoms with van der Waals surface area (Å²) < 4.78 is 21.8. The van der Waals surface area contributed by atoms with Gasteiger partial charge in [-0.15, -0.1) is 10.2 Å². The number of amides is 1. The van der Waals surface area contributed by atoms with Crippen LogP contribution in [-0.4, -0.2) is 33.0 Å². The maximum Gasteiger partial charge on any atom is 0.233 e. The molecule has 4 rings (SSSR count). The summed E-state index contributed by atoms with van der Waals surface area (Å²) in [4.78, 5) is 12.4. The second-order valence-corrected chi connectivity index (χ2v) is 7.08. The summed E-state index contributed by atoms with van der Waals surface area (Å²) in [6, 6.07) is 8.06. The number of ether oxygens (including phenoxy) is 1. The molecule has 0 aliphatic carbocycles. The van der Waals surface area contributed by atoms with Gasteiger partial charge in [-0.3, -0.25) is 4.79 Å². The molecule has 1 aliphatic rings. The van der Waals surface area contributed by atoms with Crippen LogP contribution in [0.4, 0.5) is 10.2 Å². The molecule has 0 bridgehead atoms. The van der Waals surface area contributed by atoms with Crippen LogP contribution < -0.4 is 10.1 Å². The lowest BCUT2D eigenvalue weighted by Crippen LogP contribution is -2.25. The zero-order chi connectivity index (χ0) is 19.1. The van der Waals surface area contributed by atoms with E-state index < -0.39 is 5.92 Å². The molecule has 138 valence electrons. The number of nitrogens with zero attached hydrogens (tertiary/aromatic N) is 4. The van der Waals surface area contributed by atoms with E-state index in [-0.39, 0.29) is 18.1 Å². The molecule has 1 aliphatic heterocycles. The number of aromatic nitrogens is 4. The Balaban J connectivity index is 1.86. The molecule has 1 aromatic carbocycles. The first-order valence-corrected chi connectivity index (χ1v) is 8.99. The number of anilines is 1. The first-order chi connectivity index (χ1) is 13.0. The molecule has 1 N–H and O–H groups in total. The lowest BCUT2D eigenvalue weighted by Gasteiger charge is -2.24. The van der Waals surface area contributed by atoms with Crippen molar-refractivity contribution in [2.24, 2.45) is 0 Å². The Hall–Kier alpha value is -2.81. The van der Waals surface area contributed by atoms with Crippen molar-refractivity contribution < 1.29 is 13.9 Å². The minimum absolute atomic E-state index is 0.140. The predicted molar refractivity (Wildman–Crippen MR) is 99.6 cm³/mol. The number of benzene rings is 1. The topological polar surface area (TPSA) is 81.9 Å². The zero-order valence-electron chi connectivity index (χ0n) is 14.5. The standard InChI is InChI=1S/C18H15BrFN5O2/c1-9-17-12(11-7-10(19)3-4-13(11)20)8-15(26)21-18(17)25(24-9)14-5-6-16(27-2)23-22-14/h3-7,12H,8H2,1-2H3,(H,21,26)/t12-/m1/s1. The summed E-state index contributed by atoms with van der Waals surface area (Å²) in [7, 11) is 1.50. The van der Waals surface area contributed by atoms with Crippen molar-refractivity contribution in [3.8, 4) is 11.7 Å². The number of fused-ring (bicyclic) bond motifs is 1. The highest BCUT2D eigenvalue weighted by Gasteiger charge is 2.34. The second-order valence-electron chi connectivity index (χ2n) is 6.16. The summed E-state index contributed by atoms with van der Waals surface area (Å²) in [5.41, 5.74) is 1.90. The molecule has 3 aromatic rings. The lowest BCUT2D eigenvalue weighted by molar-refractivity contribution is -0.116. The van der Waals surface area contributed by atoms with Gasteiger partial charge in [0.25, 0.3) is 0 Å². The number of rotatable bonds is 3. The summed E-state index contributed by atoms with van der Waals surface area (Å²) in [6.45, 7) is 1.83. The summed E-state index contributed by atoms with van der Waals surface area (Å²) in [6.07, 6.45) is 0.140. The molecule has 3 heterocycles. The fraction of sp³-hybridized carbons (Fsp3) is 0.222. The molecule has 0 saturated carbocycles. The van der Waals surface area contributed by atoms with E-state index in [1.54, 1.807) is 24.3 Å². The zero-order valence-corrected chi connectivity index (χ0v) is 16.1. The van der Waals surface area contributed by atoms with Crippen LogP contribution in [0.15, 0.2) is 34.8 Å². The van der Waals surface area contributed by atoms with E-state index in [0.29, 0.717) is 28.8 Å². The molecule has 0 radical (unpaired) electrons. The Morgan fingerprint density at radius 1 is 1.30 bits per heavy atom. The van der Waals surface area contributed by atoms with Crippen LogP contribution in [0.2, 0.25) is 0 Å². The average molecular weight is 432 g/mol.